The van der Waals surface area contributed by atoms with Gasteiger partial charge in [0.15, 0.2) is 0 Å². The van der Waals surface area contributed by atoms with E-state index in [-0.39, 0.29) is 18.5 Å². The molecule has 0 heterocycles. The molecule has 0 radical (unpaired) electrons. The lowest BCUT2D eigenvalue weighted by Gasteiger charge is -2.22. The summed E-state index contributed by atoms with van der Waals surface area (Å²) in [5.41, 5.74) is 0. The minimum absolute atomic E-state index is 0.0315. The van der Waals surface area contributed by atoms with Gasteiger partial charge in [-0.25, -0.2) is 0 Å². The maximum absolute atomic E-state index is 12.4. The van der Waals surface area contributed by atoms with Crippen LogP contribution in [-0.4, -0.2) is 47.4 Å². The number of allylic oxidation sites excluding steroid dienone is 2. The highest BCUT2D eigenvalue weighted by Crippen LogP contribution is 2.16. The Morgan fingerprint density at radius 1 is 0.491 bits per heavy atom. The van der Waals surface area contributed by atoms with Crippen molar-refractivity contribution >= 4 is 11.9 Å². The largest absolute Gasteiger partial charge is 0.466 e. The van der Waals surface area contributed by atoms with Gasteiger partial charge in [-0.2, -0.15) is 0 Å². The summed E-state index contributed by atoms with van der Waals surface area (Å²) in [6.45, 7) is 4.85. The lowest BCUT2D eigenvalue weighted by molar-refractivity contribution is -0.143. The highest BCUT2D eigenvalue weighted by molar-refractivity contribution is 5.76. The summed E-state index contributed by atoms with van der Waals surface area (Å²) in [4.78, 5) is 24.4. The summed E-state index contributed by atoms with van der Waals surface area (Å²) in [5.74, 6) is -0.128. The first-order chi connectivity index (χ1) is 27.0. The van der Waals surface area contributed by atoms with Crippen molar-refractivity contribution < 1.29 is 24.5 Å². The number of ether oxygens (including phenoxy) is 1. The minimum Gasteiger partial charge on any atom is -0.466 e. The topological polar surface area (TPSA) is 95.9 Å². The van der Waals surface area contributed by atoms with E-state index in [9.17, 15) is 19.8 Å². The molecule has 2 unspecified atom stereocenters. The number of aliphatic hydroxyl groups excluding tert-OH is 2. The van der Waals surface area contributed by atoms with Crippen molar-refractivity contribution in [3.63, 3.8) is 0 Å². The first-order valence-corrected chi connectivity index (χ1v) is 24.4. The molecule has 1 amide bonds. The van der Waals surface area contributed by atoms with Crippen molar-refractivity contribution in [1.29, 1.82) is 0 Å². The summed E-state index contributed by atoms with van der Waals surface area (Å²) in [6.07, 6.45) is 50.5. The number of unbranched alkanes of at least 4 members (excludes halogenated alkanes) is 32. The third kappa shape index (κ3) is 42.0. The maximum Gasteiger partial charge on any atom is 0.305 e. The van der Waals surface area contributed by atoms with Gasteiger partial charge in [0, 0.05) is 12.8 Å². The second-order valence-electron chi connectivity index (χ2n) is 16.8. The molecule has 0 spiro atoms. The average Bonchev–Trinajstić information content (AvgIpc) is 3.18. The van der Waals surface area contributed by atoms with Gasteiger partial charge in [0.05, 0.1) is 25.4 Å². The van der Waals surface area contributed by atoms with Crippen molar-refractivity contribution in [3.05, 3.63) is 12.2 Å². The van der Waals surface area contributed by atoms with Crippen LogP contribution in [0.4, 0.5) is 0 Å². The van der Waals surface area contributed by atoms with E-state index in [1.165, 1.54) is 161 Å². The van der Waals surface area contributed by atoms with E-state index in [1.54, 1.807) is 0 Å². The zero-order valence-electron chi connectivity index (χ0n) is 36.9. The summed E-state index contributed by atoms with van der Waals surface area (Å²) in [6, 6.07) is -0.576. The fraction of sp³-hybridized carbons (Fsp3) is 0.918. The molecule has 0 aliphatic heterocycles. The Labute approximate surface area is 342 Å². The van der Waals surface area contributed by atoms with Gasteiger partial charge < -0.3 is 20.3 Å². The molecule has 0 aromatic heterocycles. The number of carbonyl (C=O) groups excluding carboxylic acids is 2. The van der Waals surface area contributed by atoms with Gasteiger partial charge in [0.25, 0.3) is 0 Å². The number of esters is 1. The number of hydrogen-bond donors (Lipinski definition) is 3. The van der Waals surface area contributed by atoms with Crippen LogP contribution in [-0.2, 0) is 14.3 Å². The molecule has 326 valence electrons. The lowest BCUT2D eigenvalue weighted by Crippen LogP contribution is -2.45. The van der Waals surface area contributed by atoms with E-state index in [0.717, 1.165) is 70.6 Å². The monoisotopic (exact) mass is 778 g/mol. The van der Waals surface area contributed by atoms with E-state index in [4.69, 9.17) is 4.74 Å². The normalized spacial score (nSPS) is 12.7. The van der Waals surface area contributed by atoms with Crippen LogP contribution in [0.25, 0.3) is 0 Å². The number of hydrogen-bond acceptors (Lipinski definition) is 5. The molecule has 6 heteroatoms. The standard InChI is InChI=1S/C49H95NO5/c1-3-5-7-9-11-13-15-16-17-18-19-20-21-22-23-27-31-35-39-43-49(54)55-44-40-36-32-28-24-26-30-34-38-42-48(53)50-46(45-51)47(52)41-37-33-29-25-14-12-10-8-6-4-2/h26,30,46-47,51-52H,3-25,27-29,31-45H2,1-2H3,(H,50,53)/b30-26-. The minimum atomic E-state index is -0.692. The Morgan fingerprint density at radius 2 is 0.873 bits per heavy atom. The first-order valence-electron chi connectivity index (χ1n) is 24.4. The van der Waals surface area contributed by atoms with Crippen LogP contribution in [0.3, 0.4) is 0 Å². The molecule has 0 aromatic carbocycles. The molecule has 6 nitrogen and oxygen atoms in total. The van der Waals surface area contributed by atoms with Gasteiger partial charge in [-0.05, 0) is 44.9 Å². The number of rotatable bonds is 45. The van der Waals surface area contributed by atoms with Crippen molar-refractivity contribution in [1.82, 2.24) is 5.32 Å². The smallest absolute Gasteiger partial charge is 0.305 e. The second-order valence-corrected chi connectivity index (χ2v) is 16.8. The highest BCUT2D eigenvalue weighted by Gasteiger charge is 2.20. The van der Waals surface area contributed by atoms with Gasteiger partial charge in [-0.3, -0.25) is 9.59 Å². The Morgan fingerprint density at radius 3 is 1.33 bits per heavy atom. The van der Waals surface area contributed by atoms with Gasteiger partial charge in [0.2, 0.25) is 5.91 Å². The predicted octanol–water partition coefficient (Wildman–Crippen LogP) is 14.2. The first kappa shape index (κ1) is 53.6. The van der Waals surface area contributed by atoms with Gasteiger partial charge in [-0.1, -0.05) is 219 Å². The number of amides is 1. The summed E-state index contributed by atoms with van der Waals surface area (Å²) >= 11 is 0. The Kier molecular flexibility index (Phi) is 44.2. The van der Waals surface area contributed by atoms with Crippen molar-refractivity contribution in [2.24, 2.45) is 0 Å². The molecular weight excluding hydrogens is 683 g/mol. The molecular formula is C49H95NO5. The van der Waals surface area contributed by atoms with Crippen LogP contribution in [0, 0.1) is 0 Å². The van der Waals surface area contributed by atoms with Crippen LogP contribution < -0.4 is 5.32 Å². The van der Waals surface area contributed by atoms with E-state index in [1.807, 2.05) is 0 Å². The van der Waals surface area contributed by atoms with Crippen LogP contribution in [0.5, 0.6) is 0 Å². The lowest BCUT2D eigenvalue weighted by atomic mass is 10.0. The van der Waals surface area contributed by atoms with Crippen molar-refractivity contribution in [3.8, 4) is 0 Å². The number of nitrogens with one attached hydrogen (secondary N) is 1. The Bertz CT molecular complexity index is 817. The predicted molar refractivity (Wildman–Crippen MR) is 237 cm³/mol. The molecule has 0 fully saturated rings. The Hall–Kier alpha value is -1.40. The SMILES string of the molecule is CCCCCCCCCCCCCCCCCCCCCC(=O)OCCCCCC/C=C\CCCC(=O)NC(CO)C(O)CCCCCCCCCCCC. The van der Waals surface area contributed by atoms with Crippen molar-refractivity contribution in [2.45, 2.75) is 276 Å². The number of aliphatic hydroxyl groups is 2. The average molecular weight is 778 g/mol. The van der Waals surface area contributed by atoms with Gasteiger partial charge in [0.1, 0.15) is 0 Å². The maximum atomic E-state index is 12.4. The second kappa shape index (κ2) is 45.3. The van der Waals surface area contributed by atoms with Gasteiger partial charge >= 0.3 is 5.97 Å². The van der Waals surface area contributed by atoms with Crippen LogP contribution in [0.2, 0.25) is 0 Å². The molecule has 0 bridgehead atoms. The van der Waals surface area contributed by atoms with E-state index < -0.39 is 12.1 Å². The molecule has 0 saturated carbocycles. The molecule has 55 heavy (non-hydrogen) atoms. The van der Waals surface area contributed by atoms with E-state index >= 15 is 0 Å². The van der Waals surface area contributed by atoms with E-state index in [2.05, 4.69) is 31.3 Å². The molecule has 0 rings (SSSR count). The summed E-state index contributed by atoms with van der Waals surface area (Å²) in [7, 11) is 0. The fourth-order valence-electron chi connectivity index (χ4n) is 7.52. The zero-order chi connectivity index (χ0) is 40.1. The fourth-order valence-corrected chi connectivity index (χ4v) is 7.52. The summed E-state index contributed by atoms with van der Waals surface area (Å²) < 4.78 is 5.45. The molecule has 0 saturated heterocycles. The Balaban J connectivity index is 3.48. The third-order valence-corrected chi connectivity index (χ3v) is 11.3. The third-order valence-electron chi connectivity index (χ3n) is 11.3. The van der Waals surface area contributed by atoms with Crippen molar-refractivity contribution in [2.75, 3.05) is 13.2 Å². The zero-order valence-corrected chi connectivity index (χ0v) is 36.9. The molecule has 0 aromatic rings. The highest BCUT2D eigenvalue weighted by atomic mass is 16.5. The van der Waals surface area contributed by atoms with Crippen LogP contribution >= 0.6 is 0 Å². The molecule has 0 aliphatic carbocycles. The quantitative estimate of drug-likeness (QED) is 0.0325. The molecule has 0 aliphatic rings. The van der Waals surface area contributed by atoms with E-state index in [0.29, 0.717) is 25.9 Å². The van der Waals surface area contributed by atoms with Crippen LogP contribution in [0.15, 0.2) is 12.2 Å². The molecule has 3 N–H and O–H groups in total. The van der Waals surface area contributed by atoms with Gasteiger partial charge in [-0.15, -0.1) is 0 Å². The summed E-state index contributed by atoms with van der Waals surface area (Å²) in [5, 5.41) is 23.0. The number of carbonyl (C=O) groups is 2. The molecule has 2 atom stereocenters. The van der Waals surface area contributed by atoms with Crippen LogP contribution in [0.1, 0.15) is 264 Å².